The molecule has 1 aliphatic rings. The number of carbonyl (C=O) groups excluding carboxylic acids is 2. The van der Waals surface area contributed by atoms with E-state index in [0.717, 1.165) is 83.5 Å². The molecule has 11 nitrogen and oxygen atoms in total. The minimum Gasteiger partial charge on any atom is -0.454 e. The fourth-order valence-electron chi connectivity index (χ4n) is 8.66. The molecule has 0 aromatic heterocycles. The molecule has 6 N–H and O–H groups in total. The second-order valence-corrected chi connectivity index (χ2v) is 19.7. The van der Waals surface area contributed by atoms with Crippen LogP contribution in [-0.4, -0.2) is 99.6 Å². The van der Waals surface area contributed by atoms with Gasteiger partial charge in [0.1, 0.15) is 24.4 Å². The molecule has 11 heteroatoms. The van der Waals surface area contributed by atoms with Gasteiger partial charge in [-0.15, -0.1) is 0 Å². The van der Waals surface area contributed by atoms with Gasteiger partial charge >= 0.3 is 5.97 Å². The molecular weight excluding hydrogens is 871 g/mol. The summed E-state index contributed by atoms with van der Waals surface area (Å²) in [7, 11) is 0. The Balaban J connectivity index is 2.74. The van der Waals surface area contributed by atoms with E-state index in [-0.39, 0.29) is 13.0 Å². The number of ether oxygens (including phenoxy) is 3. The Hall–Kier alpha value is -2.38. The SMILES string of the molecule is CCCCC/C=C\C/C=C\C/C=C\CCCCCCC(=O)OC1C(OCC(NC(=O)C(O)CCCCCCCCCCCC)C(O)/C=C/CCCCCCCCCCCCC)OC(CO)C(O)C1O. The third-order valence-electron chi connectivity index (χ3n) is 13.2. The Kier molecular flexibility index (Phi) is 43.7. The topological polar surface area (TPSA) is 175 Å². The molecule has 402 valence electrons. The number of allylic oxidation sites excluding steroid dienone is 7. The third kappa shape index (κ3) is 35.4. The Bertz CT molecular complexity index is 1300. The molecule has 0 radical (unpaired) electrons. The lowest BCUT2D eigenvalue weighted by molar-refractivity contribution is -0.305. The van der Waals surface area contributed by atoms with E-state index in [0.29, 0.717) is 19.3 Å². The van der Waals surface area contributed by atoms with E-state index in [9.17, 15) is 35.1 Å². The van der Waals surface area contributed by atoms with Crippen LogP contribution in [0, 0.1) is 0 Å². The van der Waals surface area contributed by atoms with Crippen molar-refractivity contribution in [2.45, 2.75) is 294 Å². The van der Waals surface area contributed by atoms with Gasteiger partial charge in [0.05, 0.1) is 25.4 Å². The van der Waals surface area contributed by atoms with Crippen molar-refractivity contribution in [1.29, 1.82) is 0 Å². The first-order valence-corrected chi connectivity index (χ1v) is 28.4. The maximum absolute atomic E-state index is 13.3. The van der Waals surface area contributed by atoms with E-state index in [1.807, 2.05) is 6.08 Å². The molecule has 1 amide bonds. The van der Waals surface area contributed by atoms with E-state index < -0.39 is 67.4 Å². The van der Waals surface area contributed by atoms with Crippen LogP contribution in [0.1, 0.15) is 245 Å². The predicted molar refractivity (Wildman–Crippen MR) is 283 cm³/mol. The number of hydrogen-bond donors (Lipinski definition) is 6. The van der Waals surface area contributed by atoms with Crippen molar-refractivity contribution in [2.24, 2.45) is 0 Å². The van der Waals surface area contributed by atoms with Gasteiger partial charge in [0.25, 0.3) is 0 Å². The molecule has 0 bridgehead atoms. The summed E-state index contributed by atoms with van der Waals surface area (Å²) in [5.74, 6) is -1.22. The summed E-state index contributed by atoms with van der Waals surface area (Å²) < 4.78 is 17.5. The second-order valence-electron chi connectivity index (χ2n) is 19.7. The van der Waals surface area contributed by atoms with Gasteiger partial charge in [0.2, 0.25) is 5.91 Å². The number of nitrogens with one attached hydrogen (secondary N) is 1. The Morgan fingerprint density at radius 1 is 0.565 bits per heavy atom. The number of aliphatic hydroxyl groups is 5. The van der Waals surface area contributed by atoms with Gasteiger partial charge in [-0.3, -0.25) is 9.59 Å². The van der Waals surface area contributed by atoms with Gasteiger partial charge in [-0.1, -0.05) is 223 Å². The summed E-state index contributed by atoms with van der Waals surface area (Å²) in [6, 6.07) is -1.02. The maximum Gasteiger partial charge on any atom is 0.306 e. The number of rotatable bonds is 47. The molecular formula is C58H105NO10. The first-order chi connectivity index (χ1) is 33.7. The summed E-state index contributed by atoms with van der Waals surface area (Å²) in [6.07, 6.45) is 44.4. The van der Waals surface area contributed by atoms with Crippen LogP contribution in [0.4, 0.5) is 0 Å². The van der Waals surface area contributed by atoms with E-state index in [1.165, 1.54) is 116 Å². The molecule has 8 atom stereocenters. The van der Waals surface area contributed by atoms with Crippen LogP contribution in [0.25, 0.3) is 0 Å². The first kappa shape index (κ1) is 64.6. The number of aliphatic hydroxyl groups excluding tert-OH is 5. The molecule has 8 unspecified atom stereocenters. The number of carbonyl (C=O) groups is 2. The highest BCUT2D eigenvalue weighted by atomic mass is 16.7. The summed E-state index contributed by atoms with van der Waals surface area (Å²) in [5, 5.41) is 56.7. The van der Waals surface area contributed by atoms with Gasteiger partial charge < -0.3 is 45.1 Å². The van der Waals surface area contributed by atoms with Crippen molar-refractivity contribution in [3.63, 3.8) is 0 Å². The van der Waals surface area contributed by atoms with Crippen molar-refractivity contribution >= 4 is 11.9 Å². The van der Waals surface area contributed by atoms with Gasteiger partial charge in [-0.2, -0.15) is 0 Å². The van der Waals surface area contributed by atoms with Crippen LogP contribution in [0.3, 0.4) is 0 Å². The van der Waals surface area contributed by atoms with Crippen LogP contribution in [0.2, 0.25) is 0 Å². The number of hydrogen-bond acceptors (Lipinski definition) is 10. The predicted octanol–water partition coefficient (Wildman–Crippen LogP) is 12.5. The maximum atomic E-state index is 13.3. The molecule has 0 aliphatic carbocycles. The van der Waals surface area contributed by atoms with Crippen molar-refractivity contribution in [2.75, 3.05) is 13.2 Å². The average Bonchev–Trinajstić information content (AvgIpc) is 3.34. The van der Waals surface area contributed by atoms with Crippen molar-refractivity contribution in [1.82, 2.24) is 5.32 Å². The highest BCUT2D eigenvalue weighted by Crippen LogP contribution is 2.26. The Labute approximate surface area is 421 Å². The Morgan fingerprint density at radius 3 is 1.52 bits per heavy atom. The molecule has 0 aromatic rings. The molecule has 1 saturated heterocycles. The highest BCUT2D eigenvalue weighted by molar-refractivity contribution is 5.80. The summed E-state index contributed by atoms with van der Waals surface area (Å²) >= 11 is 0. The normalized spacial score (nSPS) is 20.1. The van der Waals surface area contributed by atoms with Crippen molar-refractivity contribution in [3.8, 4) is 0 Å². The zero-order valence-corrected chi connectivity index (χ0v) is 44.2. The molecule has 1 heterocycles. The van der Waals surface area contributed by atoms with E-state index >= 15 is 0 Å². The molecule has 1 aliphatic heterocycles. The van der Waals surface area contributed by atoms with Crippen molar-refractivity contribution in [3.05, 3.63) is 48.6 Å². The third-order valence-corrected chi connectivity index (χ3v) is 13.2. The quantitative estimate of drug-likeness (QED) is 0.0196. The van der Waals surface area contributed by atoms with Gasteiger partial charge in [-0.05, 0) is 64.2 Å². The molecule has 1 fully saturated rings. The fraction of sp³-hybridized carbons (Fsp3) is 0.828. The summed E-state index contributed by atoms with van der Waals surface area (Å²) in [4.78, 5) is 26.4. The molecule has 0 aromatic carbocycles. The second kappa shape index (κ2) is 46.7. The van der Waals surface area contributed by atoms with E-state index in [4.69, 9.17) is 14.2 Å². The molecule has 0 spiro atoms. The fourth-order valence-corrected chi connectivity index (χ4v) is 8.66. The van der Waals surface area contributed by atoms with Crippen molar-refractivity contribution < 1.29 is 49.3 Å². The summed E-state index contributed by atoms with van der Waals surface area (Å²) in [5.41, 5.74) is 0. The smallest absolute Gasteiger partial charge is 0.306 e. The largest absolute Gasteiger partial charge is 0.454 e. The number of unbranched alkanes of at least 4 members (excludes halogenated alkanes) is 27. The molecule has 0 saturated carbocycles. The van der Waals surface area contributed by atoms with E-state index in [1.54, 1.807) is 6.08 Å². The number of amides is 1. The lowest BCUT2D eigenvalue weighted by Gasteiger charge is -2.41. The standard InChI is InChI=1S/C58H105NO10/c1-4-7-10-13-16-19-22-24-25-26-27-29-31-34-37-40-43-46-53(63)69-56-55(65)54(64)52(47-60)68-58(56)67-48-49(50(61)44-41-38-35-33-30-28-23-20-17-14-11-8-5-2)59-57(66)51(62)45-42-39-36-32-21-18-15-12-9-6-3/h16,19,24-25,27,29,41,44,49-52,54-56,58,60-62,64-65H,4-15,17-18,20-23,26,28,30-40,42-43,45-48H2,1-3H3,(H,59,66)/b19-16-,25-24-,29-27-,44-41+. The molecule has 69 heavy (non-hydrogen) atoms. The minimum absolute atomic E-state index is 0.0986. The zero-order valence-electron chi connectivity index (χ0n) is 44.2. The average molecular weight is 976 g/mol. The number of esters is 1. The minimum atomic E-state index is -1.62. The van der Waals surface area contributed by atoms with Gasteiger partial charge in [-0.25, -0.2) is 0 Å². The Morgan fingerprint density at radius 2 is 1.00 bits per heavy atom. The first-order valence-electron chi connectivity index (χ1n) is 28.4. The van der Waals surface area contributed by atoms with Gasteiger partial charge in [0, 0.05) is 6.42 Å². The van der Waals surface area contributed by atoms with Crippen LogP contribution in [0.5, 0.6) is 0 Å². The zero-order chi connectivity index (χ0) is 50.4. The summed E-state index contributed by atoms with van der Waals surface area (Å²) in [6.45, 7) is 5.72. The lowest BCUT2D eigenvalue weighted by atomic mass is 9.99. The van der Waals surface area contributed by atoms with E-state index in [2.05, 4.69) is 62.5 Å². The van der Waals surface area contributed by atoms with Crippen LogP contribution in [-0.2, 0) is 23.8 Å². The molecule has 1 rings (SSSR count). The van der Waals surface area contributed by atoms with Crippen LogP contribution < -0.4 is 5.32 Å². The van der Waals surface area contributed by atoms with Crippen LogP contribution in [0.15, 0.2) is 48.6 Å². The highest BCUT2D eigenvalue weighted by Gasteiger charge is 2.47. The lowest BCUT2D eigenvalue weighted by Crippen LogP contribution is -2.61. The van der Waals surface area contributed by atoms with Crippen LogP contribution >= 0.6 is 0 Å². The monoisotopic (exact) mass is 976 g/mol. The van der Waals surface area contributed by atoms with Gasteiger partial charge in [0.15, 0.2) is 12.4 Å².